The van der Waals surface area contributed by atoms with E-state index in [0.29, 0.717) is 18.7 Å². The molecular weight excluding hydrogens is 486 g/mol. The molecule has 14 heteroatoms. The monoisotopic (exact) mass is 512 g/mol. The number of aromatic nitrogens is 1. The number of carbonyl (C=O) groups is 2. The number of alkyl halides is 5. The third kappa shape index (κ3) is 6.67. The van der Waals surface area contributed by atoms with Crippen LogP contribution in [-0.4, -0.2) is 66.9 Å². The molecule has 3 fully saturated rings. The highest BCUT2D eigenvalue weighted by molar-refractivity contribution is 5.82. The van der Waals surface area contributed by atoms with Crippen LogP contribution in [0.3, 0.4) is 0 Å². The molecular formula is C21H26F6N4O4. The summed E-state index contributed by atoms with van der Waals surface area (Å²) < 4.78 is 78.9. The number of ether oxygens (including phenoxy) is 1. The van der Waals surface area contributed by atoms with Crippen molar-refractivity contribution in [1.29, 1.82) is 0 Å². The molecule has 35 heavy (non-hydrogen) atoms. The van der Waals surface area contributed by atoms with Gasteiger partial charge in [0.25, 0.3) is 0 Å². The molecule has 3 N–H and O–H groups in total. The maximum Gasteiger partial charge on any atom is 0.490 e. The van der Waals surface area contributed by atoms with Gasteiger partial charge in [-0.15, -0.1) is 0 Å². The molecule has 0 radical (unpaired) electrons. The van der Waals surface area contributed by atoms with Gasteiger partial charge >= 0.3 is 12.1 Å². The second kappa shape index (κ2) is 10.5. The summed E-state index contributed by atoms with van der Waals surface area (Å²) in [4.78, 5) is 27.1. The number of fused-ring (bicyclic) bond motifs is 1. The van der Waals surface area contributed by atoms with Crippen LogP contribution in [0.2, 0.25) is 0 Å². The normalized spacial score (nSPS) is 25.0. The van der Waals surface area contributed by atoms with Gasteiger partial charge in [0.1, 0.15) is 0 Å². The van der Waals surface area contributed by atoms with Crippen molar-refractivity contribution in [2.75, 3.05) is 31.6 Å². The minimum Gasteiger partial charge on any atom is -0.481 e. The van der Waals surface area contributed by atoms with Crippen molar-refractivity contribution in [3.8, 4) is 5.88 Å². The molecule has 3 atom stereocenters. The number of hydrogen-bond donors (Lipinski definition) is 3. The van der Waals surface area contributed by atoms with Gasteiger partial charge in [0.05, 0.1) is 13.2 Å². The molecule has 3 aliphatic rings. The van der Waals surface area contributed by atoms with Gasteiger partial charge in [0, 0.05) is 38.0 Å². The number of carboxylic acid groups (broad SMARTS) is 1. The zero-order chi connectivity index (χ0) is 26.0. The average Bonchev–Trinajstić information content (AvgIpc) is 3.47. The summed E-state index contributed by atoms with van der Waals surface area (Å²) in [6.07, 6.45) is -3.64. The molecule has 8 nitrogen and oxygen atoms in total. The lowest BCUT2D eigenvalue weighted by atomic mass is 10.0. The molecule has 0 bridgehead atoms. The van der Waals surface area contributed by atoms with Crippen molar-refractivity contribution < 1.29 is 45.8 Å². The Hall–Kier alpha value is -2.77. The van der Waals surface area contributed by atoms with Crippen LogP contribution in [0.25, 0.3) is 0 Å². The van der Waals surface area contributed by atoms with Gasteiger partial charge < -0.3 is 25.4 Å². The van der Waals surface area contributed by atoms with E-state index >= 15 is 0 Å². The average molecular weight is 512 g/mol. The van der Waals surface area contributed by atoms with Crippen LogP contribution in [0.1, 0.15) is 31.2 Å². The summed E-state index contributed by atoms with van der Waals surface area (Å²) in [7, 11) is 1.44. The van der Waals surface area contributed by atoms with Crippen molar-refractivity contribution in [2.45, 2.75) is 50.4 Å². The molecule has 2 aliphatic heterocycles. The lowest BCUT2D eigenvalue weighted by Crippen LogP contribution is -2.40. The predicted octanol–water partition coefficient (Wildman–Crippen LogP) is 2.71. The topological polar surface area (TPSA) is 104 Å². The first kappa shape index (κ1) is 26.8. The first-order valence-electron chi connectivity index (χ1n) is 11.0. The van der Waals surface area contributed by atoms with Crippen LogP contribution in [0.4, 0.5) is 32.2 Å². The van der Waals surface area contributed by atoms with E-state index < -0.39 is 23.9 Å². The molecule has 0 aromatic carbocycles. The number of aliphatic carboxylic acids is 1. The Balaban J connectivity index is 0.000000429. The van der Waals surface area contributed by atoms with Crippen LogP contribution in [0, 0.1) is 17.7 Å². The van der Waals surface area contributed by atoms with Crippen molar-refractivity contribution >= 4 is 17.7 Å². The SMILES string of the molecule is COc1nc(N2C[C@@H]3CC(F)(F)C[C@@H]3C2)c(F)cc1CNC(=O)C1CCCN1.O=C(O)C(F)(F)F. The molecule has 1 amide bonds. The number of pyridine rings is 1. The Labute approximate surface area is 197 Å². The van der Waals surface area contributed by atoms with Gasteiger partial charge in [-0.05, 0) is 37.3 Å². The number of amides is 1. The van der Waals surface area contributed by atoms with Crippen LogP contribution in [-0.2, 0) is 16.1 Å². The number of carbonyl (C=O) groups excluding carboxylic acids is 1. The van der Waals surface area contributed by atoms with E-state index in [2.05, 4.69) is 15.6 Å². The Morgan fingerprint density at radius 2 is 1.89 bits per heavy atom. The van der Waals surface area contributed by atoms with E-state index in [0.717, 1.165) is 19.4 Å². The van der Waals surface area contributed by atoms with E-state index in [-0.39, 0.29) is 54.9 Å². The van der Waals surface area contributed by atoms with Gasteiger partial charge in [-0.2, -0.15) is 18.2 Å². The number of carboxylic acids is 1. The standard InChI is InChI=1S/C19H25F3N4O2.C2HF3O2/c1-28-18-11(8-24-17(27)15-3-2-4-23-15)5-14(20)16(25-18)26-9-12-6-19(21,22)7-13(12)10-26;3-2(4,5)1(6)7/h5,12-13,15,23H,2-4,6-10H2,1H3,(H,24,27);(H,6,7)/t12-,13+,15?;. The van der Waals surface area contributed by atoms with Crippen molar-refractivity contribution in [1.82, 2.24) is 15.6 Å². The van der Waals surface area contributed by atoms with Crippen LogP contribution in [0.5, 0.6) is 5.88 Å². The third-order valence-electron chi connectivity index (χ3n) is 6.26. The third-order valence-corrected chi connectivity index (χ3v) is 6.26. The smallest absolute Gasteiger partial charge is 0.481 e. The fourth-order valence-corrected chi connectivity index (χ4v) is 4.66. The lowest BCUT2D eigenvalue weighted by Gasteiger charge is -2.22. The predicted molar refractivity (Wildman–Crippen MR) is 111 cm³/mol. The van der Waals surface area contributed by atoms with E-state index in [1.807, 2.05) is 0 Å². The number of halogens is 6. The van der Waals surface area contributed by atoms with Gasteiger partial charge in [0.15, 0.2) is 11.6 Å². The summed E-state index contributed by atoms with van der Waals surface area (Å²) in [5, 5.41) is 13.0. The number of nitrogens with zero attached hydrogens (tertiary/aromatic N) is 2. The molecule has 4 rings (SSSR count). The van der Waals surface area contributed by atoms with Crippen LogP contribution in [0.15, 0.2) is 6.07 Å². The van der Waals surface area contributed by atoms with Gasteiger partial charge in [0.2, 0.25) is 17.7 Å². The minimum atomic E-state index is -5.08. The molecule has 1 aromatic heterocycles. The van der Waals surface area contributed by atoms with Gasteiger partial charge in [-0.25, -0.2) is 18.0 Å². The van der Waals surface area contributed by atoms with Gasteiger partial charge in [-0.3, -0.25) is 4.79 Å². The quantitative estimate of drug-likeness (QED) is 0.522. The summed E-state index contributed by atoms with van der Waals surface area (Å²) in [5.74, 6) is -5.94. The molecule has 2 saturated heterocycles. The molecule has 196 valence electrons. The maximum absolute atomic E-state index is 14.7. The minimum absolute atomic E-state index is 0.113. The highest BCUT2D eigenvalue weighted by Crippen LogP contribution is 2.47. The van der Waals surface area contributed by atoms with E-state index in [1.54, 1.807) is 4.90 Å². The van der Waals surface area contributed by atoms with E-state index in [9.17, 15) is 31.1 Å². The van der Waals surface area contributed by atoms with Gasteiger partial charge in [-0.1, -0.05) is 0 Å². The fourth-order valence-electron chi connectivity index (χ4n) is 4.66. The Morgan fingerprint density at radius 1 is 1.29 bits per heavy atom. The van der Waals surface area contributed by atoms with Crippen LogP contribution >= 0.6 is 0 Å². The first-order chi connectivity index (χ1) is 16.3. The molecule has 1 saturated carbocycles. The van der Waals surface area contributed by atoms with E-state index in [4.69, 9.17) is 14.6 Å². The lowest BCUT2D eigenvalue weighted by molar-refractivity contribution is -0.192. The Bertz CT molecular complexity index is 923. The Kier molecular flexibility index (Phi) is 8.02. The second-order valence-corrected chi connectivity index (χ2v) is 8.82. The summed E-state index contributed by atoms with van der Waals surface area (Å²) in [6.45, 7) is 1.67. The molecule has 3 heterocycles. The molecule has 1 aliphatic carbocycles. The highest BCUT2D eigenvalue weighted by Gasteiger charge is 2.50. The van der Waals surface area contributed by atoms with Crippen molar-refractivity contribution in [3.63, 3.8) is 0 Å². The summed E-state index contributed by atoms with van der Waals surface area (Å²) in [5.41, 5.74) is 0.445. The molecule has 0 spiro atoms. The van der Waals surface area contributed by atoms with E-state index in [1.165, 1.54) is 13.2 Å². The van der Waals surface area contributed by atoms with Crippen LogP contribution < -0.4 is 20.3 Å². The summed E-state index contributed by atoms with van der Waals surface area (Å²) in [6, 6.07) is 1.09. The number of anilines is 1. The number of rotatable bonds is 5. The maximum atomic E-state index is 14.7. The summed E-state index contributed by atoms with van der Waals surface area (Å²) >= 11 is 0. The fraction of sp³-hybridized carbons (Fsp3) is 0.667. The zero-order valence-corrected chi connectivity index (χ0v) is 18.8. The largest absolute Gasteiger partial charge is 0.490 e. The molecule has 1 unspecified atom stereocenters. The number of nitrogens with one attached hydrogen (secondary N) is 2. The first-order valence-corrected chi connectivity index (χ1v) is 11.0. The van der Waals surface area contributed by atoms with Crippen molar-refractivity contribution in [3.05, 3.63) is 17.4 Å². The second-order valence-electron chi connectivity index (χ2n) is 8.82. The number of methoxy groups -OCH3 is 1. The van der Waals surface area contributed by atoms with Crippen molar-refractivity contribution in [2.24, 2.45) is 11.8 Å². The zero-order valence-electron chi connectivity index (χ0n) is 18.8. The number of hydrogen-bond acceptors (Lipinski definition) is 6. The highest BCUT2D eigenvalue weighted by atomic mass is 19.4. The Morgan fingerprint density at radius 3 is 2.37 bits per heavy atom. The molecule has 1 aromatic rings.